The van der Waals surface area contributed by atoms with E-state index in [4.69, 9.17) is 11.6 Å². The number of hydrogen-bond acceptors (Lipinski definition) is 4. The van der Waals surface area contributed by atoms with Crippen molar-refractivity contribution < 1.29 is 13.2 Å². The fourth-order valence-corrected chi connectivity index (χ4v) is 3.49. The topological polar surface area (TPSA) is 75.3 Å². The summed E-state index contributed by atoms with van der Waals surface area (Å²) in [5.41, 5.74) is 0.418. The summed E-state index contributed by atoms with van der Waals surface area (Å²) in [5, 5.41) is 3.49. The maximum absolute atomic E-state index is 12.0. The van der Waals surface area contributed by atoms with Gasteiger partial charge >= 0.3 is 0 Å². The minimum atomic E-state index is -3.49. The molecule has 0 saturated heterocycles. The van der Waals surface area contributed by atoms with Gasteiger partial charge in [0.05, 0.1) is 4.90 Å². The Hall–Kier alpha value is -1.54. The first-order chi connectivity index (χ1) is 11.4. The van der Waals surface area contributed by atoms with Crippen LogP contribution in [0.25, 0.3) is 0 Å². The van der Waals surface area contributed by atoms with E-state index in [9.17, 15) is 13.2 Å². The van der Waals surface area contributed by atoms with Crippen LogP contribution in [0.3, 0.4) is 0 Å². The molecule has 2 N–H and O–H groups in total. The summed E-state index contributed by atoms with van der Waals surface area (Å²) in [6.07, 6.45) is 0. The van der Waals surface area contributed by atoms with E-state index in [1.165, 1.54) is 31.3 Å². The highest BCUT2D eigenvalue weighted by Crippen LogP contribution is 2.19. The second kappa shape index (κ2) is 8.53. The van der Waals surface area contributed by atoms with Gasteiger partial charge in [-0.2, -0.15) is 0 Å². The van der Waals surface area contributed by atoms with Crippen LogP contribution < -0.4 is 10.0 Å². The van der Waals surface area contributed by atoms with Crippen LogP contribution in [0.1, 0.15) is 10.4 Å². The highest BCUT2D eigenvalue weighted by atomic mass is 35.5. The molecule has 0 atom stereocenters. The molecule has 0 fully saturated rings. The van der Waals surface area contributed by atoms with E-state index in [0.29, 0.717) is 17.1 Å². The summed E-state index contributed by atoms with van der Waals surface area (Å²) in [4.78, 5) is 13.2. The summed E-state index contributed by atoms with van der Waals surface area (Å²) < 4.78 is 25.5. The lowest BCUT2D eigenvalue weighted by molar-refractivity contribution is 0.0956. The second-order valence-corrected chi connectivity index (χ2v) is 8.28. The molecule has 0 aromatic heterocycles. The van der Waals surface area contributed by atoms with Crippen LogP contribution in [0, 0.1) is 0 Å². The van der Waals surface area contributed by atoms with Crippen LogP contribution in [0.5, 0.6) is 0 Å². The molecule has 0 unspecified atom stereocenters. The number of nitrogens with one attached hydrogen (secondary N) is 2. The fraction of sp³-hybridized carbons (Fsp3) is 0.188. The molecule has 0 aliphatic heterocycles. The standard InChI is InChI=1S/C16H17ClN2O3S2/c1-18-24(21,22)15-8-2-12(3-9-15)16(20)19-10-11-23-14-6-4-13(17)5-7-14/h2-9,18H,10-11H2,1H3,(H,19,20). The Morgan fingerprint density at radius 1 is 1.08 bits per heavy atom. The van der Waals surface area contributed by atoms with Gasteiger partial charge < -0.3 is 5.32 Å². The molecule has 2 aromatic carbocycles. The van der Waals surface area contributed by atoms with Crippen molar-refractivity contribution in [3.8, 4) is 0 Å². The predicted molar refractivity (Wildman–Crippen MR) is 97.2 cm³/mol. The maximum atomic E-state index is 12.0. The van der Waals surface area contributed by atoms with Crippen molar-refractivity contribution >= 4 is 39.3 Å². The number of rotatable bonds is 7. The highest BCUT2D eigenvalue weighted by molar-refractivity contribution is 7.99. The third-order valence-electron chi connectivity index (χ3n) is 3.17. The fourth-order valence-electron chi connectivity index (χ4n) is 1.87. The number of thioether (sulfide) groups is 1. The Labute approximate surface area is 150 Å². The van der Waals surface area contributed by atoms with E-state index in [2.05, 4.69) is 10.0 Å². The molecule has 5 nitrogen and oxygen atoms in total. The predicted octanol–water partition coefficient (Wildman–Crippen LogP) is 2.77. The van der Waals surface area contributed by atoms with E-state index in [-0.39, 0.29) is 10.8 Å². The summed E-state index contributed by atoms with van der Waals surface area (Å²) in [6.45, 7) is 0.503. The number of sulfonamides is 1. The molecule has 0 spiro atoms. The molecule has 2 aromatic rings. The van der Waals surface area contributed by atoms with Gasteiger partial charge in [0, 0.05) is 27.8 Å². The van der Waals surface area contributed by atoms with Gasteiger partial charge in [0.2, 0.25) is 10.0 Å². The lowest BCUT2D eigenvalue weighted by atomic mass is 10.2. The molecule has 128 valence electrons. The van der Waals surface area contributed by atoms with Gasteiger partial charge in [0.15, 0.2) is 0 Å². The van der Waals surface area contributed by atoms with Crippen LogP contribution in [-0.4, -0.2) is 33.7 Å². The van der Waals surface area contributed by atoms with Crippen LogP contribution >= 0.6 is 23.4 Å². The van der Waals surface area contributed by atoms with Gasteiger partial charge in [-0.25, -0.2) is 13.1 Å². The van der Waals surface area contributed by atoms with Gasteiger partial charge in [-0.05, 0) is 55.6 Å². The molecule has 8 heteroatoms. The van der Waals surface area contributed by atoms with Crippen molar-refractivity contribution in [3.05, 3.63) is 59.1 Å². The molecular weight excluding hydrogens is 368 g/mol. The van der Waals surface area contributed by atoms with Crippen LogP contribution in [-0.2, 0) is 10.0 Å². The minimum absolute atomic E-state index is 0.125. The molecule has 0 heterocycles. The first kappa shape index (κ1) is 18.8. The van der Waals surface area contributed by atoms with Gasteiger partial charge in [0.25, 0.3) is 5.91 Å². The summed E-state index contributed by atoms with van der Waals surface area (Å²) >= 11 is 7.44. The number of carbonyl (C=O) groups excluding carboxylic acids is 1. The summed E-state index contributed by atoms with van der Waals surface area (Å²) in [6, 6.07) is 13.3. The van der Waals surface area contributed by atoms with Crippen molar-refractivity contribution in [2.45, 2.75) is 9.79 Å². The van der Waals surface area contributed by atoms with Crippen LogP contribution in [0.2, 0.25) is 5.02 Å². The van der Waals surface area contributed by atoms with Gasteiger partial charge in [-0.15, -0.1) is 11.8 Å². The van der Waals surface area contributed by atoms with Crippen molar-refractivity contribution in [2.75, 3.05) is 19.3 Å². The maximum Gasteiger partial charge on any atom is 0.251 e. The highest BCUT2D eigenvalue weighted by Gasteiger charge is 2.12. The molecule has 0 aliphatic rings. The van der Waals surface area contributed by atoms with Crippen LogP contribution in [0.4, 0.5) is 0 Å². The van der Waals surface area contributed by atoms with Crippen molar-refractivity contribution in [2.24, 2.45) is 0 Å². The SMILES string of the molecule is CNS(=O)(=O)c1ccc(C(=O)NCCSc2ccc(Cl)cc2)cc1. The van der Waals surface area contributed by atoms with E-state index >= 15 is 0 Å². The average molecular weight is 385 g/mol. The smallest absolute Gasteiger partial charge is 0.251 e. The van der Waals surface area contributed by atoms with Crippen molar-refractivity contribution in [3.63, 3.8) is 0 Å². The van der Waals surface area contributed by atoms with Crippen LogP contribution in [0.15, 0.2) is 58.3 Å². The number of halogens is 1. The van der Waals surface area contributed by atoms with Gasteiger partial charge in [0.1, 0.15) is 0 Å². The lowest BCUT2D eigenvalue weighted by Gasteiger charge is -2.07. The number of benzene rings is 2. The number of amides is 1. The largest absolute Gasteiger partial charge is 0.351 e. The van der Waals surface area contributed by atoms with E-state index < -0.39 is 10.0 Å². The Morgan fingerprint density at radius 3 is 2.29 bits per heavy atom. The first-order valence-corrected chi connectivity index (χ1v) is 9.97. The Morgan fingerprint density at radius 2 is 1.71 bits per heavy atom. The molecular formula is C16H17ClN2O3S2. The molecule has 0 aliphatic carbocycles. The zero-order valence-electron chi connectivity index (χ0n) is 13.0. The van der Waals surface area contributed by atoms with E-state index in [1.54, 1.807) is 11.8 Å². The normalized spacial score (nSPS) is 11.2. The molecule has 0 bridgehead atoms. The third-order valence-corrected chi connectivity index (χ3v) is 5.86. The molecule has 0 saturated carbocycles. The Balaban J connectivity index is 1.83. The molecule has 0 radical (unpaired) electrons. The molecule has 2 rings (SSSR count). The van der Waals surface area contributed by atoms with Gasteiger partial charge in [-0.1, -0.05) is 11.6 Å². The van der Waals surface area contributed by atoms with Crippen molar-refractivity contribution in [1.29, 1.82) is 0 Å². The second-order valence-electron chi connectivity index (χ2n) is 4.79. The Bertz CT molecular complexity index is 791. The number of carbonyl (C=O) groups is 1. The average Bonchev–Trinajstić information content (AvgIpc) is 2.60. The van der Waals surface area contributed by atoms with Gasteiger partial charge in [-0.3, -0.25) is 4.79 Å². The van der Waals surface area contributed by atoms with E-state index in [1.807, 2.05) is 24.3 Å². The summed E-state index contributed by atoms with van der Waals surface area (Å²) in [7, 11) is -2.15. The monoisotopic (exact) mass is 384 g/mol. The first-order valence-electron chi connectivity index (χ1n) is 7.12. The third kappa shape index (κ3) is 5.24. The van der Waals surface area contributed by atoms with E-state index in [0.717, 1.165) is 10.6 Å². The Kier molecular flexibility index (Phi) is 6.68. The lowest BCUT2D eigenvalue weighted by Crippen LogP contribution is -2.26. The molecule has 24 heavy (non-hydrogen) atoms. The number of hydrogen-bond donors (Lipinski definition) is 2. The zero-order chi connectivity index (χ0) is 17.6. The summed E-state index contributed by atoms with van der Waals surface area (Å²) in [5.74, 6) is 0.486. The van der Waals surface area contributed by atoms with Crippen molar-refractivity contribution in [1.82, 2.24) is 10.0 Å². The zero-order valence-corrected chi connectivity index (χ0v) is 15.3. The quantitative estimate of drug-likeness (QED) is 0.568. The minimum Gasteiger partial charge on any atom is -0.351 e. The molecule has 1 amide bonds.